The molecule has 1 aromatic carbocycles. The molecule has 4 nitrogen and oxygen atoms in total. The van der Waals surface area contributed by atoms with Crippen molar-refractivity contribution >= 4 is 11.6 Å². The van der Waals surface area contributed by atoms with Gasteiger partial charge < -0.3 is 9.47 Å². The van der Waals surface area contributed by atoms with Crippen molar-refractivity contribution in [2.24, 2.45) is 0 Å². The number of hydrogen-bond acceptors (Lipinski definition) is 4. The van der Waals surface area contributed by atoms with Crippen LogP contribution >= 0.6 is 11.6 Å². The molecule has 0 aliphatic rings. The van der Waals surface area contributed by atoms with Gasteiger partial charge in [-0.2, -0.15) is 4.98 Å². The molecule has 21 heavy (non-hydrogen) atoms. The van der Waals surface area contributed by atoms with Crippen LogP contribution < -0.4 is 9.47 Å². The third-order valence-electron chi connectivity index (χ3n) is 3.07. The van der Waals surface area contributed by atoms with Crippen LogP contribution in [0.3, 0.4) is 0 Å². The maximum absolute atomic E-state index is 6.13. The van der Waals surface area contributed by atoms with E-state index in [-0.39, 0.29) is 0 Å². The molecule has 0 fully saturated rings. The zero-order valence-corrected chi connectivity index (χ0v) is 13.3. The van der Waals surface area contributed by atoms with Gasteiger partial charge in [-0.3, -0.25) is 0 Å². The summed E-state index contributed by atoms with van der Waals surface area (Å²) < 4.78 is 11.0. The summed E-state index contributed by atoms with van der Waals surface area (Å²) in [6, 6.07) is 7.74. The number of methoxy groups -OCH3 is 1. The van der Waals surface area contributed by atoms with Crippen LogP contribution in [-0.4, -0.2) is 17.1 Å². The van der Waals surface area contributed by atoms with Gasteiger partial charge in [-0.15, -0.1) is 0 Å². The molecule has 0 spiro atoms. The van der Waals surface area contributed by atoms with Crippen LogP contribution in [0.5, 0.6) is 11.6 Å². The molecule has 5 heteroatoms. The molecular weight excluding hydrogens is 288 g/mol. The van der Waals surface area contributed by atoms with Crippen LogP contribution in [-0.2, 0) is 13.0 Å². The van der Waals surface area contributed by atoms with E-state index in [0.29, 0.717) is 23.5 Å². The molecule has 2 rings (SSSR count). The molecule has 2 aromatic rings. The van der Waals surface area contributed by atoms with Crippen molar-refractivity contribution < 1.29 is 9.47 Å². The molecule has 112 valence electrons. The van der Waals surface area contributed by atoms with E-state index in [4.69, 9.17) is 21.1 Å². The fourth-order valence-corrected chi connectivity index (χ4v) is 2.08. The fraction of sp³-hybridized carbons (Fsp3) is 0.375. The lowest BCUT2D eigenvalue weighted by atomic mass is 10.2. The number of ether oxygens (including phenoxy) is 2. The Balaban J connectivity index is 2.15. The van der Waals surface area contributed by atoms with Crippen molar-refractivity contribution in [2.75, 3.05) is 7.11 Å². The van der Waals surface area contributed by atoms with Crippen molar-refractivity contribution in [1.82, 2.24) is 9.97 Å². The zero-order valence-electron chi connectivity index (χ0n) is 12.5. The Kier molecular flexibility index (Phi) is 5.39. The Bertz CT molecular complexity index is 617. The standard InChI is InChI=1S/C16H19ClN2O2/c1-4-6-14-18-15(17)11(2)16(19-14)21-10-12-7-5-8-13(9-12)20-3/h5,7-9H,4,6,10H2,1-3H3. The monoisotopic (exact) mass is 306 g/mol. The lowest BCUT2D eigenvalue weighted by Gasteiger charge is -2.11. The zero-order chi connectivity index (χ0) is 15.2. The predicted molar refractivity (Wildman–Crippen MR) is 83.1 cm³/mol. The molecule has 1 aromatic heterocycles. The third-order valence-corrected chi connectivity index (χ3v) is 3.44. The molecule has 0 aliphatic carbocycles. The molecule has 0 saturated carbocycles. The molecule has 0 bridgehead atoms. The smallest absolute Gasteiger partial charge is 0.221 e. The average Bonchev–Trinajstić information content (AvgIpc) is 2.50. The average molecular weight is 307 g/mol. The highest BCUT2D eigenvalue weighted by molar-refractivity contribution is 6.30. The molecule has 0 radical (unpaired) electrons. The maximum Gasteiger partial charge on any atom is 0.221 e. The molecule has 0 unspecified atom stereocenters. The van der Waals surface area contributed by atoms with Gasteiger partial charge in [0.05, 0.1) is 7.11 Å². The van der Waals surface area contributed by atoms with E-state index in [1.54, 1.807) is 7.11 Å². The molecule has 0 atom stereocenters. The van der Waals surface area contributed by atoms with Gasteiger partial charge in [-0.1, -0.05) is 30.7 Å². The van der Waals surface area contributed by atoms with Crippen LogP contribution in [0.25, 0.3) is 0 Å². The second-order valence-corrected chi connectivity index (χ2v) is 5.11. The topological polar surface area (TPSA) is 44.2 Å². The van der Waals surface area contributed by atoms with Crippen LogP contribution in [0.15, 0.2) is 24.3 Å². The number of aromatic nitrogens is 2. The number of halogens is 1. The Morgan fingerprint density at radius 3 is 2.76 bits per heavy atom. The van der Waals surface area contributed by atoms with E-state index in [9.17, 15) is 0 Å². The molecule has 0 N–H and O–H groups in total. The van der Waals surface area contributed by atoms with Gasteiger partial charge in [0.2, 0.25) is 5.88 Å². The summed E-state index contributed by atoms with van der Waals surface area (Å²) >= 11 is 6.13. The van der Waals surface area contributed by atoms with Gasteiger partial charge in [0.15, 0.2) is 0 Å². The first-order valence-electron chi connectivity index (χ1n) is 6.92. The Labute approximate surface area is 130 Å². The minimum Gasteiger partial charge on any atom is -0.497 e. The molecule has 0 amide bonds. The highest BCUT2D eigenvalue weighted by Crippen LogP contribution is 2.23. The van der Waals surface area contributed by atoms with Gasteiger partial charge in [0.1, 0.15) is 23.3 Å². The summed E-state index contributed by atoms with van der Waals surface area (Å²) in [7, 11) is 1.64. The summed E-state index contributed by atoms with van der Waals surface area (Å²) in [5.41, 5.74) is 1.78. The summed E-state index contributed by atoms with van der Waals surface area (Å²) in [5.74, 6) is 2.07. The van der Waals surface area contributed by atoms with Crippen molar-refractivity contribution in [2.45, 2.75) is 33.3 Å². The minimum absolute atomic E-state index is 0.414. The largest absolute Gasteiger partial charge is 0.497 e. The van der Waals surface area contributed by atoms with E-state index in [2.05, 4.69) is 16.9 Å². The minimum atomic E-state index is 0.414. The van der Waals surface area contributed by atoms with Crippen molar-refractivity contribution in [3.63, 3.8) is 0 Å². The summed E-state index contributed by atoms with van der Waals surface area (Å²) in [5, 5.41) is 0.453. The molecule has 0 saturated heterocycles. The summed E-state index contributed by atoms with van der Waals surface area (Å²) in [4.78, 5) is 8.69. The molecule has 1 heterocycles. The third kappa shape index (κ3) is 4.08. The quantitative estimate of drug-likeness (QED) is 0.757. The maximum atomic E-state index is 6.13. The summed E-state index contributed by atoms with van der Waals surface area (Å²) in [6.45, 7) is 4.35. The van der Waals surface area contributed by atoms with Gasteiger partial charge in [0.25, 0.3) is 0 Å². The van der Waals surface area contributed by atoms with Crippen molar-refractivity contribution in [3.05, 3.63) is 46.4 Å². The first-order chi connectivity index (χ1) is 10.1. The Morgan fingerprint density at radius 1 is 1.24 bits per heavy atom. The normalized spacial score (nSPS) is 10.5. The fourth-order valence-electron chi connectivity index (χ4n) is 1.90. The van der Waals surface area contributed by atoms with E-state index in [0.717, 1.165) is 29.7 Å². The number of benzene rings is 1. The van der Waals surface area contributed by atoms with Crippen molar-refractivity contribution in [1.29, 1.82) is 0 Å². The number of aryl methyl sites for hydroxylation is 1. The van der Waals surface area contributed by atoms with E-state index >= 15 is 0 Å². The van der Waals surface area contributed by atoms with E-state index in [1.165, 1.54) is 0 Å². The molecular formula is C16H19ClN2O2. The number of rotatable bonds is 6. The predicted octanol–water partition coefficient (Wildman–Crippen LogP) is 3.98. The lowest BCUT2D eigenvalue weighted by molar-refractivity contribution is 0.289. The lowest BCUT2D eigenvalue weighted by Crippen LogP contribution is -2.04. The van der Waals surface area contributed by atoms with Gasteiger partial charge in [-0.25, -0.2) is 4.98 Å². The number of nitrogens with zero attached hydrogens (tertiary/aromatic N) is 2. The highest BCUT2D eigenvalue weighted by Gasteiger charge is 2.10. The van der Waals surface area contributed by atoms with Crippen LogP contribution in [0.4, 0.5) is 0 Å². The molecule has 0 aliphatic heterocycles. The van der Waals surface area contributed by atoms with Crippen LogP contribution in [0, 0.1) is 6.92 Å². The summed E-state index contributed by atoms with van der Waals surface area (Å²) in [6.07, 6.45) is 1.75. The van der Waals surface area contributed by atoms with Crippen LogP contribution in [0.1, 0.15) is 30.3 Å². The number of hydrogen-bond donors (Lipinski definition) is 0. The van der Waals surface area contributed by atoms with E-state index in [1.807, 2.05) is 31.2 Å². The first kappa shape index (κ1) is 15.6. The van der Waals surface area contributed by atoms with Gasteiger partial charge in [-0.05, 0) is 31.0 Å². The second kappa shape index (κ2) is 7.27. The van der Waals surface area contributed by atoms with Gasteiger partial charge in [0, 0.05) is 12.0 Å². The second-order valence-electron chi connectivity index (χ2n) is 4.75. The van der Waals surface area contributed by atoms with E-state index < -0.39 is 0 Å². The Hall–Kier alpha value is -1.81. The van der Waals surface area contributed by atoms with Gasteiger partial charge >= 0.3 is 0 Å². The highest BCUT2D eigenvalue weighted by atomic mass is 35.5. The van der Waals surface area contributed by atoms with Crippen LogP contribution in [0.2, 0.25) is 5.15 Å². The SMILES string of the molecule is CCCc1nc(Cl)c(C)c(OCc2cccc(OC)c2)n1. The Morgan fingerprint density at radius 2 is 2.05 bits per heavy atom. The van der Waals surface area contributed by atoms with Crippen molar-refractivity contribution in [3.8, 4) is 11.6 Å². The first-order valence-corrected chi connectivity index (χ1v) is 7.30.